The fraction of sp³-hybridized carbons (Fsp3) is 0.667. The molecule has 108 valence electrons. The minimum absolute atomic E-state index is 0.104. The summed E-state index contributed by atoms with van der Waals surface area (Å²) in [5.41, 5.74) is 0. The van der Waals surface area contributed by atoms with Gasteiger partial charge in [-0.2, -0.15) is 5.10 Å². The van der Waals surface area contributed by atoms with Gasteiger partial charge >= 0.3 is 0 Å². The summed E-state index contributed by atoms with van der Waals surface area (Å²) in [5.74, 6) is 0.104. The van der Waals surface area contributed by atoms with Gasteiger partial charge in [0.15, 0.2) is 0 Å². The Morgan fingerprint density at radius 2 is 1.79 bits per heavy atom. The van der Waals surface area contributed by atoms with E-state index in [-0.39, 0.29) is 11.9 Å². The fourth-order valence-corrected chi connectivity index (χ4v) is 3.33. The molecule has 0 aliphatic heterocycles. The van der Waals surface area contributed by atoms with Gasteiger partial charge in [-0.3, -0.25) is 4.79 Å². The van der Waals surface area contributed by atoms with E-state index in [1.807, 2.05) is 11.8 Å². The zero-order chi connectivity index (χ0) is 14.6. The number of carbonyl (C=O) groups is 1. The van der Waals surface area contributed by atoms with E-state index in [1.165, 1.54) is 0 Å². The summed E-state index contributed by atoms with van der Waals surface area (Å²) in [5, 5.41) is 4.33. The Kier molecular flexibility index (Phi) is 7.04. The van der Waals surface area contributed by atoms with Gasteiger partial charge in [-0.1, -0.05) is 13.8 Å². The molecule has 1 aromatic heterocycles. The summed E-state index contributed by atoms with van der Waals surface area (Å²) >= 11 is 10.2. The molecule has 1 aromatic rings. The molecule has 0 N–H and O–H groups in total. The number of carbonyl (C=O) groups excluding carboxylic acids is 1. The number of nitrogens with zero attached hydrogens (tertiary/aromatic N) is 3. The third kappa shape index (κ3) is 4.04. The van der Waals surface area contributed by atoms with E-state index in [4.69, 9.17) is 0 Å². The van der Waals surface area contributed by atoms with Gasteiger partial charge < -0.3 is 4.90 Å². The van der Waals surface area contributed by atoms with Gasteiger partial charge in [-0.05, 0) is 67.6 Å². The maximum absolute atomic E-state index is 12.5. The Bertz CT molecular complexity index is 442. The zero-order valence-electron chi connectivity index (χ0n) is 11.3. The van der Waals surface area contributed by atoms with Gasteiger partial charge in [0.25, 0.3) is 0 Å². The van der Waals surface area contributed by atoms with E-state index in [9.17, 15) is 4.79 Å². The van der Waals surface area contributed by atoms with Gasteiger partial charge in [-0.15, -0.1) is 0 Å². The van der Waals surface area contributed by atoms with Crippen molar-refractivity contribution in [2.75, 3.05) is 13.1 Å². The maximum Gasteiger partial charge on any atom is 0.247 e. The predicted octanol–water partition coefficient (Wildman–Crippen LogP) is 4.38. The summed E-state index contributed by atoms with van der Waals surface area (Å²) in [6.45, 7) is 7.61. The van der Waals surface area contributed by atoms with Crippen LogP contribution < -0.4 is 0 Å². The maximum atomic E-state index is 12.5. The highest BCUT2D eigenvalue weighted by Gasteiger charge is 2.25. The number of amides is 1. The van der Waals surface area contributed by atoms with E-state index in [2.05, 4.69) is 66.7 Å². The third-order valence-corrected chi connectivity index (χ3v) is 5.91. The SMILES string of the molecule is CCCN(CCC)C(=O)[C@H](C)n1nc(Br)c(Br)c1Br. The molecule has 1 rings (SSSR count). The van der Waals surface area contributed by atoms with E-state index in [0.717, 1.165) is 35.0 Å². The molecule has 1 amide bonds. The average Bonchev–Trinajstić information content (AvgIpc) is 2.64. The number of halogens is 3. The lowest BCUT2D eigenvalue weighted by Crippen LogP contribution is -2.37. The van der Waals surface area contributed by atoms with Crippen molar-refractivity contribution in [3.8, 4) is 0 Å². The van der Waals surface area contributed by atoms with E-state index in [1.54, 1.807) is 4.68 Å². The molecule has 0 aliphatic rings. The van der Waals surface area contributed by atoms with Crippen molar-refractivity contribution < 1.29 is 4.79 Å². The first kappa shape index (κ1) is 17.2. The molecule has 0 spiro atoms. The van der Waals surface area contributed by atoms with Crippen LogP contribution in [0.5, 0.6) is 0 Å². The van der Waals surface area contributed by atoms with Crippen LogP contribution in [-0.2, 0) is 4.79 Å². The molecule has 0 fully saturated rings. The Morgan fingerprint density at radius 1 is 1.26 bits per heavy atom. The van der Waals surface area contributed by atoms with Gasteiger partial charge in [0.1, 0.15) is 15.2 Å². The number of rotatable bonds is 6. The van der Waals surface area contributed by atoms with E-state index in [0.29, 0.717) is 4.60 Å². The lowest BCUT2D eigenvalue weighted by atomic mass is 10.2. The summed E-state index contributed by atoms with van der Waals surface area (Å²) in [6.07, 6.45) is 1.93. The van der Waals surface area contributed by atoms with Crippen LogP contribution in [0.2, 0.25) is 0 Å². The quantitative estimate of drug-likeness (QED) is 0.633. The van der Waals surface area contributed by atoms with Crippen LogP contribution in [0.3, 0.4) is 0 Å². The molecule has 0 aromatic carbocycles. The topological polar surface area (TPSA) is 38.1 Å². The number of hydrogen-bond donors (Lipinski definition) is 0. The second-order valence-electron chi connectivity index (χ2n) is 4.34. The Balaban J connectivity index is 2.93. The second-order valence-corrected chi connectivity index (χ2v) is 6.64. The van der Waals surface area contributed by atoms with Crippen LogP contribution in [0.4, 0.5) is 0 Å². The molecule has 19 heavy (non-hydrogen) atoms. The highest BCUT2D eigenvalue weighted by molar-refractivity contribution is 9.14. The molecular weight excluding hydrogens is 442 g/mol. The minimum Gasteiger partial charge on any atom is -0.341 e. The van der Waals surface area contributed by atoms with Crippen molar-refractivity contribution in [3.63, 3.8) is 0 Å². The summed E-state index contributed by atoms with van der Waals surface area (Å²) in [6, 6.07) is -0.324. The fourth-order valence-electron chi connectivity index (χ4n) is 1.87. The number of aromatic nitrogens is 2. The molecule has 0 unspecified atom stereocenters. The molecule has 0 aliphatic carbocycles. The molecular formula is C12H18Br3N3O. The first-order valence-electron chi connectivity index (χ1n) is 6.31. The molecule has 0 saturated carbocycles. The van der Waals surface area contributed by atoms with E-state index < -0.39 is 0 Å². The second kappa shape index (κ2) is 7.78. The van der Waals surface area contributed by atoms with Crippen molar-refractivity contribution in [3.05, 3.63) is 13.7 Å². The van der Waals surface area contributed by atoms with Gasteiger partial charge in [0, 0.05) is 13.1 Å². The Hall–Kier alpha value is 0.120. The predicted molar refractivity (Wildman–Crippen MR) is 87.2 cm³/mol. The largest absolute Gasteiger partial charge is 0.341 e. The lowest BCUT2D eigenvalue weighted by molar-refractivity contribution is -0.134. The van der Waals surface area contributed by atoms with Crippen molar-refractivity contribution in [1.82, 2.24) is 14.7 Å². The normalized spacial score (nSPS) is 12.5. The van der Waals surface area contributed by atoms with Gasteiger partial charge in [0.2, 0.25) is 5.91 Å². The Morgan fingerprint density at radius 3 is 2.16 bits per heavy atom. The van der Waals surface area contributed by atoms with E-state index >= 15 is 0 Å². The van der Waals surface area contributed by atoms with Crippen molar-refractivity contribution in [2.24, 2.45) is 0 Å². The van der Waals surface area contributed by atoms with Gasteiger partial charge in [0.05, 0.1) is 4.47 Å². The van der Waals surface area contributed by atoms with Crippen LogP contribution in [0.15, 0.2) is 13.7 Å². The molecule has 7 heteroatoms. The molecule has 1 atom stereocenters. The minimum atomic E-state index is -0.324. The highest BCUT2D eigenvalue weighted by Crippen LogP contribution is 2.32. The smallest absolute Gasteiger partial charge is 0.247 e. The molecule has 0 bridgehead atoms. The van der Waals surface area contributed by atoms with Crippen LogP contribution in [0.25, 0.3) is 0 Å². The van der Waals surface area contributed by atoms with Crippen molar-refractivity contribution >= 4 is 53.7 Å². The third-order valence-electron chi connectivity index (χ3n) is 2.78. The molecule has 1 heterocycles. The summed E-state index contributed by atoms with van der Waals surface area (Å²) in [4.78, 5) is 14.4. The number of hydrogen-bond acceptors (Lipinski definition) is 2. The Labute approximate surface area is 139 Å². The monoisotopic (exact) mass is 457 g/mol. The first-order chi connectivity index (χ1) is 8.93. The van der Waals surface area contributed by atoms with Crippen LogP contribution in [-0.4, -0.2) is 33.7 Å². The summed E-state index contributed by atoms with van der Waals surface area (Å²) < 4.78 is 3.98. The highest BCUT2D eigenvalue weighted by atomic mass is 79.9. The van der Waals surface area contributed by atoms with Crippen LogP contribution in [0.1, 0.15) is 39.7 Å². The lowest BCUT2D eigenvalue weighted by Gasteiger charge is -2.25. The van der Waals surface area contributed by atoms with Crippen LogP contribution in [0, 0.1) is 0 Å². The molecule has 0 radical (unpaired) electrons. The summed E-state index contributed by atoms with van der Waals surface area (Å²) in [7, 11) is 0. The average molecular weight is 460 g/mol. The van der Waals surface area contributed by atoms with Crippen molar-refractivity contribution in [2.45, 2.75) is 39.7 Å². The van der Waals surface area contributed by atoms with Gasteiger partial charge in [-0.25, -0.2) is 4.68 Å². The first-order valence-corrected chi connectivity index (χ1v) is 8.69. The zero-order valence-corrected chi connectivity index (χ0v) is 16.0. The molecule has 4 nitrogen and oxygen atoms in total. The molecule has 0 saturated heterocycles. The standard InChI is InChI=1S/C12H18Br3N3O/c1-4-6-17(7-5-2)12(19)8(3)18-11(15)9(13)10(14)16-18/h8H,4-7H2,1-3H3/t8-/m0/s1. The van der Waals surface area contributed by atoms with Crippen LogP contribution >= 0.6 is 47.8 Å². The van der Waals surface area contributed by atoms with Crippen molar-refractivity contribution in [1.29, 1.82) is 0 Å².